The molecule has 0 radical (unpaired) electrons. The summed E-state index contributed by atoms with van der Waals surface area (Å²) in [4.78, 5) is 20.6. The topological polar surface area (TPSA) is 115 Å². The molecule has 6 nitrogen and oxygen atoms in total. The summed E-state index contributed by atoms with van der Waals surface area (Å²) in [5.41, 5.74) is 0. The van der Waals surface area contributed by atoms with Gasteiger partial charge in [0.15, 0.2) is 6.29 Å². The average molecular weight is 715 g/mol. The first-order valence-electron chi connectivity index (χ1n) is 22.1. The molecular weight excluding hydrogens is 624 g/mol. The van der Waals surface area contributed by atoms with Crippen LogP contribution in [0.15, 0.2) is 0 Å². The number of carboxylic acid groups (broad SMARTS) is 2. The number of aliphatic carboxylic acids is 2. The highest BCUT2D eigenvalue weighted by Crippen LogP contribution is 2.15. The summed E-state index contributed by atoms with van der Waals surface area (Å²) < 4.78 is 0. The van der Waals surface area contributed by atoms with E-state index in [4.69, 9.17) is 20.4 Å². The van der Waals surface area contributed by atoms with Crippen LogP contribution >= 0.6 is 0 Å². The minimum Gasteiger partial charge on any atom is -0.481 e. The number of carbonyl (C=O) groups is 2. The van der Waals surface area contributed by atoms with Crippen molar-refractivity contribution in [3.63, 3.8) is 0 Å². The van der Waals surface area contributed by atoms with Gasteiger partial charge in [-0.3, -0.25) is 9.59 Å². The van der Waals surface area contributed by atoms with Gasteiger partial charge in [-0.25, -0.2) is 0 Å². The normalized spacial score (nSPS) is 10.8. The minimum absolute atomic E-state index is 0.345. The lowest BCUT2D eigenvalue weighted by molar-refractivity contribution is -0.138. The molecule has 0 unspecified atom stereocenters. The van der Waals surface area contributed by atoms with Crippen LogP contribution < -0.4 is 0 Å². The second-order valence-electron chi connectivity index (χ2n) is 14.9. The molecule has 0 aliphatic rings. The molecule has 6 heteroatoms. The fourth-order valence-electron chi connectivity index (χ4n) is 6.23. The van der Waals surface area contributed by atoms with Crippen LogP contribution in [-0.4, -0.2) is 38.7 Å². The van der Waals surface area contributed by atoms with Crippen LogP contribution in [0.25, 0.3) is 0 Å². The van der Waals surface area contributed by atoms with Gasteiger partial charge in [-0.05, 0) is 25.7 Å². The van der Waals surface area contributed by atoms with Crippen molar-refractivity contribution < 1.29 is 30.0 Å². The molecule has 0 atom stereocenters. The van der Waals surface area contributed by atoms with E-state index in [0.29, 0.717) is 19.3 Å². The number of rotatable bonds is 38. The molecule has 0 aliphatic carbocycles. The summed E-state index contributed by atoms with van der Waals surface area (Å²) in [5, 5.41) is 34.2. The number of aliphatic hydroxyl groups is 2. The molecule has 0 bridgehead atoms. The predicted octanol–water partition coefficient (Wildman–Crippen LogP) is 14.3. The molecule has 50 heavy (non-hydrogen) atoms. The van der Waals surface area contributed by atoms with Crippen molar-refractivity contribution in [1.29, 1.82) is 0 Å². The van der Waals surface area contributed by atoms with Crippen molar-refractivity contribution >= 4 is 11.9 Å². The van der Waals surface area contributed by atoms with Crippen molar-refractivity contribution in [2.24, 2.45) is 0 Å². The predicted molar refractivity (Wildman–Crippen MR) is 216 cm³/mol. The van der Waals surface area contributed by atoms with Crippen LogP contribution in [0.5, 0.6) is 0 Å². The maximum atomic E-state index is 10.3. The molecular formula is C44H90O6. The van der Waals surface area contributed by atoms with Crippen molar-refractivity contribution in [3.8, 4) is 0 Å². The zero-order valence-corrected chi connectivity index (χ0v) is 34.1. The molecule has 0 saturated carbocycles. The zero-order chi connectivity index (χ0) is 37.6. The van der Waals surface area contributed by atoms with E-state index in [1.807, 2.05) is 0 Å². The molecule has 0 amide bonds. The Labute approximate surface area is 312 Å². The molecule has 0 aromatic heterocycles. The molecule has 0 aromatic carbocycles. The Bertz CT molecular complexity index is 584. The van der Waals surface area contributed by atoms with Gasteiger partial charge in [-0.2, -0.15) is 0 Å². The van der Waals surface area contributed by atoms with Gasteiger partial charge in [0, 0.05) is 12.8 Å². The average Bonchev–Trinajstić information content (AvgIpc) is 3.08. The highest BCUT2D eigenvalue weighted by Gasteiger charge is 1.99. The lowest BCUT2D eigenvalue weighted by Crippen LogP contribution is -2.02. The van der Waals surface area contributed by atoms with Crippen molar-refractivity contribution in [3.05, 3.63) is 0 Å². The minimum atomic E-state index is -1.10. The number of carboxylic acids is 2. The van der Waals surface area contributed by atoms with Gasteiger partial charge in [-0.1, -0.05) is 226 Å². The number of hydrogen-bond donors (Lipinski definition) is 4. The van der Waals surface area contributed by atoms with Crippen molar-refractivity contribution in [1.82, 2.24) is 0 Å². The Morgan fingerprint density at radius 2 is 0.500 bits per heavy atom. The summed E-state index contributed by atoms with van der Waals surface area (Å²) in [7, 11) is 0. The maximum absolute atomic E-state index is 10.3. The summed E-state index contributed by atoms with van der Waals surface area (Å²) in [6.07, 6.45) is 45.4. The summed E-state index contributed by atoms with van der Waals surface area (Å²) in [6.45, 7) is 6.76. The fraction of sp³-hybridized carbons (Fsp3) is 0.955. The Morgan fingerprint density at radius 1 is 0.320 bits per heavy atom. The summed E-state index contributed by atoms with van der Waals surface area (Å²) in [6, 6.07) is 0. The van der Waals surface area contributed by atoms with E-state index in [0.717, 1.165) is 38.5 Å². The molecule has 0 fully saturated rings. The Kier molecular flexibility index (Phi) is 53.2. The third-order valence-electron chi connectivity index (χ3n) is 9.55. The lowest BCUT2D eigenvalue weighted by atomic mass is 10.0. The first-order chi connectivity index (χ1) is 24.3. The molecule has 4 N–H and O–H groups in total. The lowest BCUT2D eigenvalue weighted by Gasteiger charge is -2.03. The van der Waals surface area contributed by atoms with Gasteiger partial charge in [-0.15, -0.1) is 0 Å². The van der Waals surface area contributed by atoms with E-state index >= 15 is 0 Å². The first kappa shape index (κ1) is 53.2. The Hall–Kier alpha value is -1.14. The van der Waals surface area contributed by atoms with Crippen LogP contribution in [0.1, 0.15) is 265 Å². The largest absolute Gasteiger partial charge is 0.481 e. The highest BCUT2D eigenvalue weighted by atomic mass is 16.5. The van der Waals surface area contributed by atoms with E-state index in [1.165, 1.54) is 186 Å². The molecule has 0 spiro atoms. The van der Waals surface area contributed by atoms with Crippen LogP contribution in [0.4, 0.5) is 0 Å². The smallest absolute Gasteiger partial charge is 0.303 e. The first-order valence-corrected chi connectivity index (χ1v) is 22.1. The monoisotopic (exact) mass is 715 g/mol. The molecule has 0 aromatic rings. The van der Waals surface area contributed by atoms with E-state index in [2.05, 4.69) is 20.8 Å². The molecule has 302 valence electrons. The maximum Gasteiger partial charge on any atom is 0.303 e. The molecule has 0 heterocycles. The Balaban J connectivity index is -0.000000669. The van der Waals surface area contributed by atoms with E-state index in [9.17, 15) is 9.59 Å². The third-order valence-corrected chi connectivity index (χ3v) is 9.55. The van der Waals surface area contributed by atoms with Crippen molar-refractivity contribution in [2.75, 3.05) is 0 Å². The van der Waals surface area contributed by atoms with Gasteiger partial charge in [0.1, 0.15) is 0 Å². The van der Waals surface area contributed by atoms with Gasteiger partial charge in [0.25, 0.3) is 0 Å². The standard InChI is InChI=1S/2C16H32O2.C12H26O2/c2*1-2-3-4-5-6-7-8-9-10-11-12-13-14-15-16(17)18;1-2-3-4-5-6-7-8-9-10-11-12(13)14/h2*2-15H2,1H3,(H,17,18);12-14H,2-11H2,1H3. The van der Waals surface area contributed by atoms with Gasteiger partial charge < -0.3 is 20.4 Å². The van der Waals surface area contributed by atoms with E-state index in [-0.39, 0.29) is 0 Å². The third kappa shape index (κ3) is 62.0. The van der Waals surface area contributed by atoms with Crippen molar-refractivity contribution in [2.45, 2.75) is 271 Å². The van der Waals surface area contributed by atoms with Gasteiger partial charge in [0.2, 0.25) is 0 Å². The molecule has 0 aliphatic heterocycles. The van der Waals surface area contributed by atoms with E-state index in [1.54, 1.807) is 0 Å². The van der Waals surface area contributed by atoms with Crippen LogP contribution in [0.2, 0.25) is 0 Å². The number of unbranched alkanes of at least 4 members (excludes halogenated alkanes) is 32. The second-order valence-corrected chi connectivity index (χ2v) is 14.9. The molecule has 0 saturated heterocycles. The fourth-order valence-corrected chi connectivity index (χ4v) is 6.23. The highest BCUT2D eigenvalue weighted by molar-refractivity contribution is 5.66. The second kappa shape index (κ2) is 50.0. The Morgan fingerprint density at radius 3 is 0.680 bits per heavy atom. The summed E-state index contributed by atoms with van der Waals surface area (Å²) in [5.74, 6) is -1.31. The number of aliphatic hydroxyl groups excluding tert-OH is 1. The number of hydrogen-bond acceptors (Lipinski definition) is 4. The van der Waals surface area contributed by atoms with Gasteiger partial charge >= 0.3 is 11.9 Å². The van der Waals surface area contributed by atoms with E-state index < -0.39 is 18.2 Å². The summed E-state index contributed by atoms with van der Waals surface area (Å²) >= 11 is 0. The van der Waals surface area contributed by atoms with Crippen LogP contribution in [0, 0.1) is 0 Å². The zero-order valence-electron chi connectivity index (χ0n) is 34.1. The van der Waals surface area contributed by atoms with Gasteiger partial charge in [0.05, 0.1) is 0 Å². The molecule has 0 rings (SSSR count). The van der Waals surface area contributed by atoms with Crippen LogP contribution in [-0.2, 0) is 9.59 Å². The van der Waals surface area contributed by atoms with Crippen LogP contribution in [0.3, 0.4) is 0 Å². The SMILES string of the molecule is CCCCCCCCCCCC(O)O.CCCCCCCCCCCCCCCC(=O)O.CCCCCCCCCCCCCCCC(=O)O. The quantitative estimate of drug-likeness (QED) is 0.0374.